The summed E-state index contributed by atoms with van der Waals surface area (Å²) in [5.41, 5.74) is 1.44. The van der Waals surface area contributed by atoms with Crippen LogP contribution in [0, 0.1) is 6.92 Å². The number of nitrogens with one attached hydrogen (secondary N) is 1. The van der Waals surface area contributed by atoms with Gasteiger partial charge in [-0.2, -0.15) is 5.10 Å². The number of amides is 1. The van der Waals surface area contributed by atoms with Crippen molar-refractivity contribution in [2.75, 3.05) is 19.0 Å². The highest BCUT2D eigenvalue weighted by Crippen LogP contribution is 2.07. The minimum atomic E-state index is -0.363. The Hall–Kier alpha value is -2.77. The quantitative estimate of drug-likeness (QED) is 0.846. The van der Waals surface area contributed by atoms with Crippen LogP contribution in [0.2, 0.25) is 0 Å². The number of rotatable bonds is 4. The number of aryl methyl sites for hydroxylation is 2. The molecule has 2 heterocycles. The van der Waals surface area contributed by atoms with Gasteiger partial charge in [0.05, 0.1) is 12.2 Å². The second kappa shape index (κ2) is 6.33. The van der Waals surface area contributed by atoms with Gasteiger partial charge >= 0.3 is 0 Å². The van der Waals surface area contributed by atoms with E-state index in [1.165, 1.54) is 19.2 Å². The summed E-state index contributed by atoms with van der Waals surface area (Å²) in [6.07, 6.45) is 0. The maximum atomic E-state index is 12.0. The molecule has 0 radical (unpaired) electrons. The fourth-order valence-corrected chi connectivity index (χ4v) is 1.79. The standard InChI is InChI=1S/C14H18N6O2/c1-9-7-10(17-14(16-9)19(2)3)8-15-13(22)11-5-6-12(21)20(4)18-11/h5-7H,8H2,1-4H3,(H,15,22). The zero-order valence-corrected chi connectivity index (χ0v) is 13.0. The van der Waals surface area contributed by atoms with E-state index in [0.717, 1.165) is 10.4 Å². The lowest BCUT2D eigenvalue weighted by atomic mass is 10.3. The first-order chi connectivity index (χ1) is 10.4. The molecule has 0 unspecified atom stereocenters. The number of nitrogens with zero attached hydrogens (tertiary/aromatic N) is 5. The molecule has 2 rings (SSSR count). The van der Waals surface area contributed by atoms with Crippen molar-refractivity contribution in [2.24, 2.45) is 7.05 Å². The van der Waals surface area contributed by atoms with E-state index in [1.54, 1.807) is 11.0 Å². The molecule has 8 heteroatoms. The molecule has 2 aromatic rings. The van der Waals surface area contributed by atoms with Crippen LogP contribution in [0.4, 0.5) is 5.95 Å². The Morgan fingerprint density at radius 2 is 2.05 bits per heavy atom. The largest absolute Gasteiger partial charge is 0.347 e. The molecule has 1 N–H and O–H groups in total. The molecule has 0 aliphatic carbocycles. The molecule has 0 spiro atoms. The summed E-state index contributed by atoms with van der Waals surface area (Å²) in [4.78, 5) is 33.7. The molecule has 22 heavy (non-hydrogen) atoms. The first kappa shape index (κ1) is 15.6. The van der Waals surface area contributed by atoms with Crippen LogP contribution in [-0.4, -0.2) is 39.8 Å². The van der Waals surface area contributed by atoms with Gasteiger partial charge in [-0.25, -0.2) is 14.6 Å². The van der Waals surface area contributed by atoms with Crippen molar-refractivity contribution in [3.8, 4) is 0 Å². The maximum absolute atomic E-state index is 12.0. The summed E-state index contributed by atoms with van der Waals surface area (Å²) in [6, 6.07) is 4.51. The van der Waals surface area contributed by atoms with Gasteiger partial charge < -0.3 is 10.2 Å². The molecule has 2 aromatic heterocycles. The molecule has 0 fully saturated rings. The Balaban J connectivity index is 2.10. The number of hydrogen-bond acceptors (Lipinski definition) is 6. The van der Waals surface area contributed by atoms with E-state index in [2.05, 4.69) is 20.4 Å². The smallest absolute Gasteiger partial charge is 0.272 e. The monoisotopic (exact) mass is 302 g/mol. The van der Waals surface area contributed by atoms with Gasteiger partial charge in [-0.1, -0.05) is 0 Å². The number of carbonyl (C=O) groups excluding carboxylic acids is 1. The molecule has 0 aliphatic rings. The van der Waals surface area contributed by atoms with Crippen molar-refractivity contribution in [3.63, 3.8) is 0 Å². The summed E-state index contributed by atoms with van der Waals surface area (Å²) in [6.45, 7) is 2.13. The van der Waals surface area contributed by atoms with E-state index in [0.29, 0.717) is 11.6 Å². The van der Waals surface area contributed by atoms with Gasteiger partial charge in [0, 0.05) is 32.9 Å². The van der Waals surface area contributed by atoms with E-state index in [9.17, 15) is 9.59 Å². The van der Waals surface area contributed by atoms with Gasteiger partial charge in [-0.15, -0.1) is 0 Å². The van der Waals surface area contributed by atoms with Gasteiger partial charge in [0.15, 0.2) is 0 Å². The van der Waals surface area contributed by atoms with Crippen molar-refractivity contribution in [1.29, 1.82) is 0 Å². The van der Waals surface area contributed by atoms with Crippen LogP contribution in [0.5, 0.6) is 0 Å². The Bertz CT molecular complexity index is 753. The van der Waals surface area contributed by atoms with E-state index < -0.39 is 0 Å². The number of carbonyl (C=O) groups is 1. The molecule has 0 aromatic carbocycles. The third-order valence-electron chi connectivity index (χ3n) is 2.92. The summed E-state index contributed by atoms with van der Waals surface area (Å²) >= 11 is 0. The van der Waals surface area contributed by atoms with Crippen molar-refractivity contribution < 1.29 is 4.79 Å². The van der Waals surface area contributed by atoms with Crippen LogP contribution >= 0.6 is 0 Å². The highest BCUT2D eigenvalue weighted by molar-refractivity contribution is 5.91. The summed E-state index contributed by atoms with van der Waals surface area (Å²) in [5.74, 6) is 0.225. The minimum absolute atomic E-state index is 0.181. The molecule has 116 valence electrons. The first-order valence-corrected chi connectivity index (χ1v) is 6.71. The zero-order valence-electron chi connectivity index (χ0n) is 13.0. The molecule has 0 aliphatic heterocycles. The van der Waals surface area contributed by atoms with Crippen LogP contribution in [0.25, 0.3) is 0 Å². The van der Waals surface area contributed by atoms with Gasteiger partial charge in [-0.05, 0) is 19.1 Å². The normalized spacial score (nSPS) is 10.4. The molecule has 1 amide bonds. The Morgan fingerprint density at radius 3 is 2.68 bits per heavy atom. The Labute approximate surface area is 127 Å². The van der Waals surface area contributed by atoms with E-state index >= 15 is 0 Å². The lowest BCUT2D eigenvalue weighted by molar-refractivity contribution is 0.0943. The second-order valence-corrected chi connectivity index (χ2v) is 5.06. The molecule has 0 atom stereocenters. The van der Waals surface area contributed by atoms with Crippen LogP contribution in [0.15, 0.2) is 23.0 Å². The van der Waals surface area contributed by atoms with Gasteiger partial charge in [0.25, 0.3) is 11.5 Å². The molecule has 0 bridgehead atoms. The predicted octanol–water partition coefficient (Wildman–Crippen LogP) is -0.125. The average Bonchev–Trinajstić information content (AvgIpc) is 2.47. The summed E-state index contributed by atoms with van der Waals surface area (Å²) in [5, 5.41) is 6.63. The topological polar surface area (TPSA) is 93.0 Å². The first-order valence-electron chi connectivity index (χ1n) is 6.71. The zero-order chi connectivity index (χ0) is 16.3. The van der Waals surface area contributed by atoms with Crippen molar-refractivity contribution in [3.05, 3.63) is 45.6 Å². The highest BCUT2D eigenvalue weighted by atomic mass is 16.2. The third kappa shape index (κ3) is 3.66. The lowest BCUT2D eigenvalue weighted by Crippen LogP contribution is -2.28. The van der Waals surface area contributed by atoms with Crippen molar-refractivity contribution in [1.82, 2.24) is 25.1 Å². The van der Waals surface area contributed by atoms with Gasteiger partial charge in [-0.3, -0.25) is 9.59 Å². The van der Waals surface area contributed by atoms with Gasteiger partial charge in [0.1, 0.15) is 5.69 Å². The Morgan fingerprint density at radius 1 is 1.32 bits per heavy atom. The predicted molar refractivity (Wildman–Crippen MR) is 81.7 cm³/mol. The molecule has 0 saturated carbocycles. The molecule has 0 saturated heterocycles. The van der Waals surface area contributed by atoms with E-state index in [4.69, 9.17) is 0 Å². The van der Waals surface area contributed by atoms with Crippen LogP contribution in [0.3, 0.4) is 0 Å². The number of hydrogen-bond donors (Lipinski definition) is 1. The number of aromatic nitrogens is 4. The average molecular weight is 302 g/mol. The maximum Gasteiger partial charge on any atom is 0.272 e. The fraction of sp³-hybridized carbons (Fsp3) is 0.357. The Kier molecular flexibility index (Phi) is 4.50. The van der Waals surface area contributed by atoms with Crippen molar-refractivity contribution in [2.45, 2.75) is 13.5 Å². The summed E-state index contributed by atoms with van der Waals surface area (Å²) in [7, 11) is 5.20. The van der Waals surface area contributed by atoms with Crippen LogP contribution in [-0.2, 0) is 13.6 Å². The van der Waals surface area contributed by atoms with Crippen LogP contribution in [0.1, 0.15) is 21.9 Å². The third-order valence-corrected chi connectivity index (χ3v) is 2.92. The van der Waals surface area contributed by atoms with E-state index in [-0.39, 0.29) is 23.7 Å². The van der Waals surface area contributed by atoms with Crippen molar-refractivity contribution >= 4 is 11.9 Å². The van der Waals surface area contributed by atoms with E-state index in [1.807, 2.05) is 21.0 Å². The SMILES string of the molecule is Cc1cc(CNC(=O)c2ccc(=O)n(C)n2)nc(N(C)C)n1. The van der Waals surface area contributed by atoms with Gasteiger partial charge in [0.2, 0.25) is 5.95 Å². The van der Waals surface area contributed by atoms with Crippen LogP contribution < -0.4 is 15.8 Å². The molecule has 8 nitrogen and oxygen atoms in total. The fourth-order valence-electron chi connectivity index (χ4n) is 1.79. The molecular weight excluding hydrogens is 284 g/mol. The second-order valence-electron chi connectivity index (χ2n) is 5.06. The number of anilines is 1. The summed E-state index contributed by atoms with van der Waals surface area (Å²) < 4.78 is 1.12. The lowest BCUT2D eigenvalue weighted by Gasteiger charge is -2.12. The highest BCUT2D eigenvalue weighted by Gasteiger charge is 2.10. The minimum Gasteiger partial charge on any atom is -0.347 e. The molecular formula is C14H18N6O2.